The highest BCUT2D eigenvalue weighted by Crippen LogP contribution is 2.20. The van der Waals surface area contributed by atoms with Crippen LogP contribution in [0.5, 0.6) is 0 Å². The number of carbonyl (C=O) groups is 2. The van der Waals surface area contributed by atoms with E-state index in [1.807, 2.05) is 0 Å². The first-order chi connectivity index (χ1) is 7.35. The number of hydrogen-bond acceptors (Lipinski definition) is 3. The predicted molar refractivity (Wildman–Crippen MR) is 58.0 cm³/mol. The van der Waals surface area contributed by atoms with Gasteiger partial charge in [0.1, 0.15) is 5.41 Å². The maximum atomic E-state index is 11.9. The zero-order chi connectivity index (χ0) is 12.3. The first-order valence-corrected chi connectivity index (χ1v) is 5.46. The first kappa shape index (κ1) is 13.0. The summed E-state index contributed by atoms with van der Waals surface area (Å²) in [5.74, 6) is -1.48. The molecule has 92 valence electrons. The van der Waals surface area contributed by atoms with Gasteiger partial charge in [0.25, 0.3) is 0 Å². The largest absolute Gasteiger partial charge is 0.480 e. The van der Waals surface area contributed by atoms with Crippen molar-refractivity contribution in [2.45, 2.75) is 32.8 Å². The van der Waals surface area contributed by atoms with Crippen molar-refractivity contribution in [1.29, 1.82) is 0 Å². The summed E-state index contributed by atoms with van der Waals surface area (Å²) >= 11 is 0. The molecule has 1 saturated heterocycles. The van der Waals surface area contributed by atoms with Crippen molar-refractivity contribution in [2.75, 3.05) is 20.2 Å². The molecule has 1 unspecified atom stereocenters. The monoisotopic (exact) mass is 229 g/mol. The number of aliphatic carboxylic acids is 1. The van der Waals surface area contributed by atoms with Crippen molar-refractivity contribution >= 4 is 11.9 Å². The van der Waals surface area contributed by atoms with Crippen molar-refractivity contribution in [3.63, 3.8) is 0 Å². The molecule has 0 saturated carbocycles. The topological polar surface area (TPSA) is 66.8 Å². The fraction of sp³-hybridized carbons (Fsp3) is 0.818. The zero-order valence-electron chi connectivity index (χ0n) is 10.0. The number of ether oxygens (including phenoxy) is 1. The minimum absolute atomic E-state index is 0.0542. The van der Waals surface area contributed by atoms with Gasteiger partial charge in [-0.2, -0.15) is 0 Å². The highest BCUT2D eigenvalue weighted by Gasteiger charge is 2.38. The standard InChI is InChI=1S/C11H19NO4/c1-11(2,10(14)15)9(13)12(3)7-8-5-4-6-16-8/h8H,4-7H2,1-3H3,(H,14,15). The average molecular weight is 229 g/mol. The van der Waals surface area contributed by atoms with Crippen LogP contribution in [-0.4, -0.2) is 48.2 Å². The first-order valence-electron chi connectivity index (χ1n) is 5.46. The molecular weight excluding hydrogens is 210 g/mol. The quantitative estimate of drug-likeness (QED) is 0.722. The molecule has 1 amide bonds. The van der Waals surface area contributed by atoms with Crippen LogP contribution in [0.1, 0.15) is 26.7 Å². The number of nitrogens with zero attached hydrogens (tertiary/aromatic N) is 1. The van der Waals surface area contributed by atoms with E-state index in [-0.39, 0.29) is 12.0 Å². The second kappa shape index (κ2) is 4.82. The molecule has 1 heterocycles. The minimum atomic E-state index is -1.37. The van der Waals surface area contributed by atoms with Gasteiger partial charge >= 0.3 is 5.97 Å². The molecule has 1 aliphatic heterocycles. The van der Waals surface area contributed by atoms with Gasteiger partial charge in [-0.1, -0.05) is 0 Å². The molecule has 5 nitrogen and oxygen atoms in total. The van der Waals surface area contributed by atoms with Crippen LogP contribution in [-0.2, 0) is 14.3 Å². The van der Waals surface area contributed by atoms with E-state index >= 15 is 0 Å². The van der Waals surface area contributed by atoms with Crippen LogP contribution < -0.4 is 0 Å². The van der Waals surface area contributed by atoms with Crippen LogP contribution in [0.2, 0.25) is 0 Å². The number of hydrogen-bond donors (Lipinski definition) is 1. The zero-order valence-corrected chi connectivity index (χ0v) is 10.0. The molecule has 1 N–H and O–H groups in total. The number of amides is 1. The smallest absolute Gasteiger partial charge is 0.318 e. The van der Waals surface area contributed by atoms with Crippen LogP contribution >= 0.6 is 0 Å². The van der Waals surface area contributed by atoms with Gasteiger partial charge in [-0.25, -0.2) is 0 Å². The van der Waals surface area contributed by atoms with Gasteiger partial charge in [0, 0.05) is 20.2 Å². The van der Waals surface area contributed by atoms with E-state index in [2.05, 4.69) is 0 Å². The number of likely N-dealkylation sites (N-methyl/N-ethyl adjacent to an activating group) is 1. The lowest BCUT2D eigenvalue weighted by molar-refractivity contribution is -0.158. The predicted octanol–water partition coefficient (Wildman–Crippen LogP) is 0.735. The Labute approximate surface area is 95.4 Å². The molecule has 0 aromatic carbocycles. The van der Waals surface area contributed by atoms with E-state index in [0.29, 0.717) is 6.54 Å². The molecule has 5 heteroatoms. The Hall–Kier alpha value is -1.10. The summed E-state index contributed by atoms with van der Waals surface area (Å²) in [6.07, 6.45) is 2.00. The van der Waals surface area contributed by atoms with E-state index < -0.39 is 11.4 Å². The maximum absolute atomic E-state index is 11.9. The summed E-state index contributed by atoms with van der Waals surface area (Å²) in [5, 5.41) is 8.94. The molecule has 1 atom stereocenters. The Morgan fingerprint density at radius 2 is 2.12 bits per heavy atom. The molecule has 0 spiro atoms. The normalized spacial score (nSPS) is 20.8. The van der Waals surface area contributed by atoms with E-state index in [0.717, 1.165) is 19.4 Å². The second-order valence-corrected chi connectivity index (χ2v) is 4.75. The van der Waals surface area contributed by atoms with Crippen molar-refractivity contribution in [3.8, 4) is 0 Å². The lowest BCUT2D eigenvalue weighted by Crippen LogP contribution is -2.45. The van der Waals surface area contributed by atoms with Crippen molar-refractivity contribution in [3.05, 3.63) is 0 Å². The van der Waals surface area contributed by atoms with E-state index in [1.54, 1.807) is 7.05 Å². The lowest BCUT2D eigenvalue weighted by Gasteiger charge is -2.27. The van der Waals surface area contributed by atoms with Crippen molar-refractivity contribution in [1.82, 2.24) is 4.90 Å². The van der Waals surface area contributed by atoms with Gasteiger partial charge in [-0.05, 0) is 26.7 Å². The molecule has 0 radical (unpaired) electrons. The summed E-state index contributed by atoms with van der Waals surface area (Å²) in [4.78, 5) is 24.3. The van der Waals surface area contributed by atoms with Crippen LogP contribution in [0.4, 0.5) is 0 Å². The Morgan fingerprint density at radius 3 is 2.56 bits per heavy atom. The highest BCUT2D eigenvalue weighted by atomic mass is 16.5. The number of carboxylic acid groups (broad SMARTS) is 1. The summed E-state index contributed by atoms with van der Waals surface area (Å²) < 4.78 is 5.41. The van der Waals surface area contributed by atoms with Crippen molar-refractivity contribution in [2.24, 2.45) is 5.41 Å². The average Bonchev–Trinajstić information content (AvgIpc) is 2.68. The lowest BCUT2D eigenvalue weighted by atomic mass is 9.92. The maximum Gasteiger partial charge on any atom is 0.318 e. The fourth-order valence-corrected chi connectivity index (χ4v) is 1.75. The van der Waals surface area contributed by atoms with Gasteiger partial charge < -0.3 is 14.7 Å². The molecule has 1 rings (SSSR count). The minimum Gasteiger partial charge on any atom is -0.480 e. The SMILES string of the molecule is CN(CC1CCCO1)C(=O)C(C)(C)C(=O)O. The van der Waals surface area contributed by atoms with E-state index in [9.17, 15) is 9.59 Å². The third-order valence-corrected chi connectivity index (χ3v) is 2.92. The molecule has 1 aliphatic rings. The Morgan fingerprint density at radius 1 is 1.50 bits per heavy atom. The Bertz CT molecular complexity index is 282. The molecule has 1 fully saturated rings. The third-order valence-electron chi connectivity index (χ3n) is 2.92. The number of rotatable bonds is 4. The highest BCUT2D eigenvalue weighted by molar-refractivity contribution is 6.00. The van der Waals surface area contributed by atoms with Gasteiger partial charge in [0.15, 0.2) is 0 Å². The summed E-state index contributed by atoms with van der Waals surface area (Å²) in [6.45, 7) is 4.04. The van der Waals surface area contributed by atoms with E-state index in [1.165, 1.54) is 18.7 Å². The Kier molecular flexibility index (Phi) is 3.91. The molecule has 0 aromatic rings. The van der Waals surface area contributed by atoms with Crippen LogP contribution in [0.25, 0.3) is 0 Å². The van der Waals surface area contributed by atoms with Gasteiger partial charge in [-0.15, -0.1) is 0 Å². The van der Waals surface area contributed by atoms with Gasteiger partial charge in [0.05, 0.1) is 6.10 Å². The van der Waals surface area contributed by atoms with Gasteiger partial charge in [0.2, 0.25) is 5.91 Å². The molecule has 16 heavy (non-hydrogen) atoms. The molecular formula is C11H19NO4. The molecule has 0 aliphatic carbocycles. The summed E-state index contributed by atoms with van der Waals surface area (Å²) in [7, 11) is 1.62. The van der Waals surface area contributed by atoms with Crippen LogP contribution in [0.15, 0.2) is 0 Å². The van der Waals surface area contributed by atoms with Crippen LogP contribution in [0, 0.1) is 5.41 Å². The second-order valence-electron chi connectivity index (χ2n) is 4.75. The van der Waals surface area contributed by atoms with E-state index in [4.69, 9.17) is 9.84 Å². The Balaban J connectivity index is 2.55. The summed E-state index contributed by atoms with van der Waals surface area (Å²) in [6, 6.07) is 0. The third kappa shape index (κ3) is 2.72. The van der Waals surface area contributed by atoms with Gasteiger partial charge in [-0.3, -0.25) is 9.59 Å². The molecule has 0 aromatic heterocycles. The fourth-order valence-electron chi connectivity index (χ4n) is 1.75. The van der Waals surface area contributed by atoms with Crippen molar-refractivity contribution < 1.29 is 19.4 Å². The summed E-state index contributed by atoms with van der Waals surface area (Å²) in [5.41, 5.74) is -1.37. The molecule has 0 bridgehead atoms. The number of carboxylic acids is 1. The van der Waals surface area contributed by atoms with Crippen LogP contribution in [0.3, 0.4) is 0 Å². The number of carbonyl (C=O) groups excluding carboxylic acids is 1.